The van der Waals surface area contributed by atoms with Gasteiger partial charge >= 0.3 is 0 Å². The molecule has 1 amide bonds. The monoisotopic (exact) mass is 401 g/mol. The van der Waals surface area contributed by atoms with Crippen LogP contribution in [0.1, 0.15) is 10.4 Å². The van der Waals surface area contributed by atoms with Crippen molar-refractivity contribution < 1.29 is 17.9 Å². The van der Waals surface area contributed by atoms with E-state index in [1.807, 2.05) is 0 Å². The standard InChI is InChI=1S/C20H16ClNO4S/c1-26-18-12-10-17(11-13-18)22(20(23)15-6-5-7-16(21)14-15)27(24,25)19-8-3-2-4-9-19/h2-14H,1H3. The zero-order valence-electron chi connectivity index (χ0n) is 14.4. The van der Waals surface area contributed by atoms with E-state index < -0.39 is 15.9 Å². The number of hydrogen-bond acceptors (Lipinski definition) is 4. The van der Waals surface area contributed by atoms with Gasteiger partial charge in [0.15, 0.2) is 0 Å². The third-order valence-corrected chi connectivity index (χ3v) is 5.80. The van der Waals surface area contributed by atoms with Crippen molar-refractivity contribution in [2.45, 2.75) is 4.90 Å². The summed E-state index contributed by atoms with van der Waals surface area (Å²) in [5.41, 5.74) is 0.363. The highest BCUT2D eigenvalue weighted by Gasteiger charge is 2.31. The van der Waals surface area contributed by atoms with Crippen LogP contribution in [0.3, 0.4) is 0 Å². The van der Waals surface area contributed by atoms with E-state index in [0.717, 1.165) is 4.31 Å². The van der Waals surface area contributed by atoms with Gasteiger partial charge in [-0.05, 0) is 54.6 Å². The lowest BCUT2D eigenvalue weighted by molar-refractivity contribution is 0.101. The molecule has 0 atom stereocenters. The molecule has 0 unspecified atom stereocenters. The Bertz CT molecular complexity index is 1050. The van der Waals surface area contributed by atoms with E-state index in [2.05, 4.69) is 0 Å². The number of halogens is 1. The lowest BCUT2D eigenvalue weighted by atomic mass is 10.2. The first-order valence-electron chi connectivity index (χ1n) is 7.98. The molecule has 138 valence electrons. The quantitative estimate of drug-likeness (QED) is 0.636. The molecule has 0 radical (unpaired) electrons. The van der Waals surface area contributed by atoms with Gasteiger partial charge in [0.2, 0.25) is 0 Å². The number of sulfonamides is 1. The third-order valence-electron chi connectivity index (χ3n) is 3.84. The summed E-state index contributed by atoms with van der Waals surface area (Å²) in [6.07, 6.45) is 0. The van der Waals surface area contributed by atoms with Crippen LogP contribution in [-0.2, 0) is 10.0 Å². The highest BCUT2D eigenvalue weighted by atomic mass is 35.5. The van der Waals surface area contributed by atoms with Crippen molar-refractivity contribution in [2.75, 3.05) is 11.4 Å². The Kier molecular flexibility index (Phi) is 5.48. The number of hydrogen-bond donors (Lipinski definition) is 0. The van der Waals surface area contributed by atoms with Gasteiger partial charge in [0.05, 0.1) is 17.7 Å². The molecular weight excluding hydrogens is 386 g/mol. The molecule has 27 heavy (non-hydrogen) atoms. The molecule has 0 fully saturated rings. The summed E-state index contributed by atoms with van der Waals surface area (Å²) in [7, 11) is -2.63. The van der Waals surface area contributed by atoms with Crippen LogP contribution in [0.4, 0.5) is 5.69 Å². The molecule has 0 saturated heterocycles. The van der Waals surface area contributed by atoms with Gasteiger partial charge in [0.25, 0.3) is 15.9 Å². The Balaban J connectivity index is 2.15. The maximum atomic E-state index is 13.2. The highest BCUT2D eigenvalue weighted by molar-refractivity contribution is 7.93. The maximum Gasteiger partial charge on any atom is 0.272 e. The number of rotatable bonds is 5. The number of ether oxygens (including phenoxy) is 1. The van der Waals surface area contributed by atoms with Crippen LogP contribution in [0.5, 0.6) is 5.75 Å². The van der Waals surface area contributed by atoms with Crippen molar-refractivity contribution in [3.8, 4) is 5.75 Å². The number of methoxy groups -OCH3 is 1. The minimum absolute atomic E-state index is 0.0104. The first-order valence-corrected chi connectivity index (χ1v) is 9.79. The average molecular weight is 402 g/mol. The predicted molar refractivity (Wildman–Crippen MR) is 105 cm³/mol. The summed E-state index contributed by atoms with van der Waals surface area (Å²) in [6, 6.07) is 20.2. The molecule has 0 heterocycles. The molecule has 0 spiro atoms. The second-order valence-electron chi connectivity index (χ2n) is 5.60. The molecular formula is C20H16ClNO4S. The fourth-order valence-corrected chi connectivity index (χ4v) is 4.14. The Hall–Kier alpha value is -2.83. The molecule has 3 aromatic carbocycles. The smallest absolute Gasteiger partial charge is 0.272 e. The zero-order valence-corrected chi connectivity index (χ0v) is 15.9. The van der Waals surface area contributed by atoms with E-state index in [0.29, 0.717) is 10.8 Å². The van der Waals surface area contributed by atoms with Crippen molar-refractivity contribution >= 4 is 33.2 Å². The summed E-state index contributed by atoms with van der Waals surface area (Å²) in [4.78, 5) is 13.1. The number of nitrogens with zero attached hydrogens (tertiary/aromatic N) is 1. The van der Waals surface area contributed by atoms with E-state index in [9.17, 15) is 13.2 Å². The second kappa shape index (κ2) is 7.82. The van der Waals surface area contributed by atoms with E-state index in [4.69, 9.17) is 16.3 Å². The van der Waals surface area contributed by atoms with Gasteiger partial charge in [0, 0.05) is 10.6 Å². The Morgan fingerprint density at radius 3 is 2.19 bits per heavy atom. The largest absolute Gasteiger partial charge is 0.497 e. The number of benzene rings is 3. The fourth-order valence-electron chi connectivity index (χ4n) is 2.52. The molecule has 0 aromatic heterocycles. The Labute approximate surface area is 162 Å². The van der Waals surface area contributed by atoms with Crippen LogP contribution in [0.25, 0.3) is 0 Å². The van der Waals surface area contributed by atoms with Gasteiger partial charge in [-0.3, -0.25) is 4.79 Å². The molecule has 3 rings (SSSR count). The van der Waals surface area contributed by atoms with E-state index in [-0.39, 0.29) is 16.1 Å². The molecule has 5 nitrogen and oxygen atoms in total. The molecule has 0 aliphatic carbocycles. The summed E-state index contributed by atoms with van der Waals surface area (Å²) in [6.45, 7) is 0. The normalized spacial score (nSPS) is 11.0. The number of carbonyl (C=O) groups is 1. The molecule has 0 N–H and O–H groups in total. The predicted octanol–water partition coefficient (Wildman–Crippen LogP) is 4.38. The highest BCUT2D eigenvalue weighted by Crippen LogP contribution is 2.28. The van der Waals surface area contributed by atoms with Crippen molar-refractivity contribution in [1.82, 2.24) is 0 Å². The van der Waals surface area contributed by atoms with Crippen molar-refractivity contribution in [2.24, 2.45) is 0 Å². The van der Waals surface area contributed by atoms with Crippen LogP contribution in [0, 0.1) is 0 Å². The van der Waals surface area contributed by atoms with Gasteiger partial charge < -0.3 is 4.74 Å². The topological polar surface area (TPSA) is 63.7 Å². The van der Waals surface area contributed by atoms with Gasteiger partial charge in [-0.25, -0.2) is 8.42 Å². The number of amides is 1. The van der Waals surface area contributed by atoms with E-state index >= 15 is 0 Å². The minimum Gasteiger partial charge on any atom is -0.497 e. The fraction of sp³-hybridized carbons (Fsp3) is 0.0500. The molecule has 7 heteroatoms. The van der Waals surface area contributed by atoms with Crippen LogP contribution in [0.15, 0.2) is 83.8 Å². The van der Waals surface area contributed by atoms with Crippen molar-refractivity contribution in [3.05, 3.63) is 89.4 Å². The molecule has 0 aliphatic rings. The van der Waals surface area contributed by atoms with E-state index in [1.165, 1.54) is 43.5 Å². The lowest BCUT2D eigenvalue weighted by Crippen LogP contribution is -2.37. The summed E-state index contributed by atoms with van der Waals surface area (Å²) < 4.78 is 32.3. The number of anilines is 1. The first kappa shape index (κ1) is 18.9. The summed E-state index contributed by atoms with van der Waals surface area (Å²) in [5, 5.41) is 0.340. The molecule has 0 bridgehead atoms. The molecule has 3 aromatic rings. The summed E-state index contributed by atoms with van der Waals surface area (Å²) in [5.74, 6) is -0.155. The third kappa shape index (κ3) is 3.97. The second-order valence-corrected chi connectivity index (χ2v) is 7.82. The first-order chi connectivity index (χ1) is 12.9. The zero-order chi connectivity index (χ0) is 19.4. The maximum absolute atomic E-state index is 13.2. The average Bonchev–Trinajstić information content (AvgIpc) is 2.69. The Morgan fingerprint density at radius 2 is 1.59 bits per heavy atom. The van der Waals surface area contributed by atoms with Crippen molar-refractivity contribution in [1.29, 1.82) is 0 Å². The van der Waals surface area contributed by atoms with Gasteiger partial charge in [-0.1, -0.05) is 35.9 Å². The molecule has 0 aliphatic heterocycles. The van der Waals surface area contributed by atoms with Crippen LogP contribution in [-0.4, -0.2) is 21.4 Å². The van der Waals surface area contributed by atoms with Crippen LogP contribution < -0.4 is 9.04 Å². The lowest BCUT2D eigenvalue weighted by Gasteiger charge is -2.23. The van der Waals surface area contributed by atoms with Gasteiger partial charge in [-0.15, -0.1) is 0 Å². The van der Waals surface area contributed by atoms with Crippen molar-refractivity contribution in [3.63, 3.8) is 0 Å². The van der Waals surface area contributed by atoms with Gasteiger partial charge in [-0.2, -0.15) is 4.31 Å². The van der Waals surface area contributed by atoms with Crippen LogP contribution in [0.2, 0.25) is 5.02 Å². The Morgan fingerprint density at radius 1 is 0.926 bits per heavy atom. The SMILES string of the molecule is COc1ccc(N(C(=O)c2cccc(Cl)c2)S(=O)(=O)c2ccccc2)cc1. The van der Waals surface area contributed by atoms with Crippen LogP contribution >= 0.6 is 11.6 Å². The summed E-state index contributed by atoms with van der Waals surface area (Å²) >= 11 is 5.97. The number of carbonyl (C=O) groups excluding carboxylic acids is 1. The minimum atomic E-state index is -4.13. The molecule has 0 saturated carbocycles. The van der Waals surface area contributed by atoms with E-state index in [1.54, 1.807) is 42.5 Å². The van der Waals surface area contributed by atoms with Gasteiger partial charge in [0.1, 0.15) is 5.75 Å².